The van der Waals surface area contributed by atoms with Crippen molar-refractivity contribution in [3.8, 4) is 11.6 Å². The third kappa shape index (κ3) is 1.57. The van der Waals surface area contributed by atoms with E-state index in [9.17, 15) is 0 Å². The molecule has 6 heteroatoms. The Morgan fingerprint density at radius 3 is 2.79 bits per heavy atom. The lowest BCUT2D eigenvalue weighted by molar-refractivity contribution is 1.07. The molecule has 0 spiro atoms. The minimum Gasteiger partial charge on any atom is -0.383 e. The number of aromatic nitrogens is 4. The molecule has 72 valence electrons. The van der Waals surface area contributed by atoms with Gasteiger partial charge in [0.05, 0.1) is 9.26 Å². The summed E-state index contributed by atoms with van der Waals surface area (Å²) in [6.07, 6.45) is 3.38. The fraction of sp³-hybridized carbons (Fsp3) is 0.125. The number of imidazole rings is 1. The monoisotopic (exact) mass is 301 g/mol. The lowest BCUT2D eigenvalue weighted by Gasteiger charge is -2.03. The number of rotatable bonds is 1. The van der Waals surface area contributed by atoms with Gasteiger partial charge in [-0.2, -0.15) is 0 Å². The molecule has 0 aliphatic carbocycles. The SMILES string of the molecule is Cc1nc(-c2ncc[nH]2)nc(N)c1I. The lowest BCUT2D eigenvalue weighted by atomic mass is 10.4. The molecule has 3 N–H and O–H groups in total. The van der Waals surface area contributed by atoms with Crippen LogP contribution in [0.5, 0.6) is 0 Å². The predicted octanol–water partition coefficient (Wildman–Crippen LogP) is 1.36. The van der Waals surface area contributed by atoms with Gasteiger partial charge in [0.15, 0.2) is 11.6 Å². The normalized spacial score (nSPS) is 10.4. The van der Waals surface area contributed by atoms with Gasteiger partial charge in [-0.1, -0.05) is 0 Å². The molecule has 0 aromatic carbocycles. The first-order valence-electron chi connectivity index (χ1n) is 3.98. The number of H-pyrrole nitrogens is 1. The molecule has 0 aliphatic rings. The van der Waals surface area contributed by atoms with Crippen LogP contribution in [0.15, 0.2) is 12.4 Å². The highest BCUT2D eigenvalue weighted by molar-refractivity contribution is 14.1. The van der Waals surface area contributed by atoms with Crippen molar-refractivity contribution in [2.75, 3.05) is 5.73 Å². The highest BCUT2D eigenvalue weighted by atomic mass is 127. The van der Waals surface area contributed by atoms with E-state index in [1.165, 1.54) is 0 Å². The van der Waals surface area contributed by atoms with Crippen molar-refractivity contribution in [3.63, 3.8) is 0 Å². The Morgan fingerprint density at radius 2 is 2.21 bits per heavy atom. The first-order chi connectivity index (χ1) is 6.68. The standard InChI is InChI=1S/C8H8IN5/c1-4-5(9)6(10)14-8(13-4)7-11-2-3-12-7/h2-3H,1H3,(H,11,12)(H2,10,13,14). The van der Waals surface area contributed by atoms with Gasteiger partial charge in [-0.15, -0.1) is 0 Å². The molecule has 0 unspecified atom stereocenters. The van der Waals surface area contributed by atoms with Crippen molar-refractivity contribution < 1.29 is 0 Å². The highest BCUT2D eigenvalue weighted by Crippen LogP contribution is 2.18. The van der Waals surface area contributed by atoms with Gasteiger partial charge in [0.1, 0.15) is 5.82 Å². The van der Waals surface area contributed by atoms with Crippen molar-refractivity contribution in [1.29, 1.82) is 0 Å². The molecule has 0 radical (unpaired) electrons. The van der Waals surface area contributed by atoms with E-state index in [-0.39, 0.29) is 0 Å². The molecule has 14 heavy (non-hydrogen) atoms. The van der Waals surface area contributed by atoms with E-state index < -0.39 is 0 Å². The number of anilines is 1. The molecule has 0 aliphatic heterocycles. The van der Waals surface area contributed by atoms with E-state index in [0.717, 1.165) is 9.26 Å². The van der Waals surface area contributed by atoms with E-state index >= 15 is 0 Å². The fourth-order valence-electron chi connectivity index (χ4n) is 1.07. The number of hydrogen-bond acceptors (Lipinski definition) is 4. The maximum atomic E-state index is 5.73. The molecular weight excluding hydrogens is 293 g/mol. The third-order valence-corrected chi connectivity index (χ3v) is 3.09. The fourth-order valence-corrected chi connectivity index (χ4v) is 1.32. The summed E-state index contributed by atoms with van der Waals surface area (Å²) in [5, 5.41) is 0. The van der Waals surface area contributed by atoms with Crippen molar-refractivity contribution in [1.82, 2.24) is 19.9 Å². The van der Waals surface area contributed by atoms with Crippen molar-refractivity contribution in [3.05, 3.63) is 21.7 Å². The van der Waals surface area contributed by atoms with E-state index in [1.807, 2.05) is 6.92 Å². The van der Waals surface area contributed by atoms with E-state index in [1.54, 1.807) is 12.4 Å². The summed E-state index contributed by atoms with van der Waals surface area (Å²) < 4.78 is 0.887. The van der Waals surface area contributed by atoms with Gasteiger partial charge < -0.3 is 10.7 Å². The largest absolute Gasteiger partial charge is 0.383 e. The van der Waals surface area contributed by atoms with Crippen LogP contribution in [0, 0.1) is 10.5 Å². The zero-order valence-corrected chi connectivity index (χ0v) is 9.61. The van der Waals surface area contributed by atoms with Gasteiger partial charge in [0.25, 0.3) is 0 Å². The van der Waals surface area contributed by atoms with Crippen molar-refractivity contribution in [2.45, 2.75) is 6.92 Å². The Hall–Kier alpha value is -1.18. The van der Waals surface area contributed by atoms with Gasteiger partial charge in [-0.25, -0.2) is 15.0 Å². The van der Waals surface area contributed by atoms with Crippen LogP contribution in [-0.2, 0) is 0 Å². The van der Waals surface area contributed by atoms with Crippen LogP contribution in [0.25, 0.3) is 11.6 Å². The second kappa shape index (κ2) is 3.52. The van der Waals surface area contributed by atoms with Crippen LogP contribution in [0.1, 0.15) is 5.69 Å². The van der Waals surface area contributed by atoms with Crippen LogP contribution in [0.3, 0.4) is 0 Å². The second-order valence-electron chi connectivity index (χ2n) is 2.77. The van der Waals surface area contributed by atoms with Crippen LogP contribution < -0.4 is 5.73 Å². The average molecular weight is 301 g/mol. The topological polar surface area (TPSA) is 80.5 Å². The zero-order valence-electron chi connectivity index (χ0n) is 7.45. The van der Waals surface area contributed by atoms with Crippen LogP contribution in [0.2, 0.25) is 0 Å². The molecule has 2 rings (SSSR count). The summed E-state index contributed by atoms with van der Waals surface area (Å²) in [6.45, 7) is 1.90. The summed E-state index contributed by atoms with van der Waals surface area (Å²) in [4.78, 5) is 15.4. The molecule has 0 atom stereocenters. The first kappa shape index (κ1) is 9.38. The maximum absolute atomic E-state index is 5.73. The number of aromatic amines is 1. The molecule has 0 saturated heterocycles. The van der Waals surface area contributed by atoms with E-state index in [0.29, 0.717) is 17.5 Å². The number of nitrogens with one attached hydrogen (secondary N) is 1. The Balaban J connectivity index is 2.57. The van der Waals surface area contributed by atoms with Crippen LogP contribution >= 0.6 is 22.6 Å². The highest BCUT2D eigenvalue weighted by Gasteiger charge is 2.09. The number of nitrogen functional groups attached to an aromatic ring is 1. The molecular formula is C8H8IN5. The Labute approximate surface area is 94.3 Å². The smallest absolute Gasteiger partial charge is 0.197 e. The molecule has 2 heterocycles. The minimum absolute atomic E-state index is 0.490. The number of aryl methyl sites for hydroxylation is 1. The quantitative estimate of drug-likeness (QED) is 0.779. The molecule has 5 nitrogen and oxygen atoms in total. The molecule has 0 saturated carbocycles. The number of nitrogens with zero attached hydrogens (tertiary/aromatic N) is 3. The number of halogens is 1. The summed E-state index contributed by atoms with van der Waals surface area (Å²) in [5.74, 6) is 1.66. The lowest BCUT2D eigenvalue weighted by Crippen LogP contribution is -2.02. The maximum Gasteiger partial charge on any atom is 0.197 e. The molecule has 0 fully saturated rings. The Kier molecular flexibility index (Phi) is 2.36. The molecule has 0 bridgehead atoms. The van der Waals surface area contributed by atoms with Gasteiger partial charge in [-0.3, -0.25) is 0 Å². The van der Waals surface area contributed by atoms with Crippen molar-refractivity contribution in [2.24, 2.45) is 0 Å². The first-order valence-corrected chi connectivity index (χ1v) is 5.05. The zero-order chi connectivity index (χ0) is 10.1. The van der Waals surface area contributed by atoms with Crippen molar-refractivity contribution >= 4 is 28.4 Å². The summed E-state index contributed by atoms with van der Waals surface area (Å²) in [6, 6.07) is 0. The summed E-state index contributed by atoms with van der Waals surface area (Å²) >= 11 is 2.12. The van der Waals surface area contributed by atoms with E-state index in [4.69, 9.17) is 5.73 Å². The average Bonchev–Trinajstić information content (AvgIpc) is 2.66. The summed E-state index contributed by atoms with van der Waals surface area (Å²) in [7, 11) is 0. The predicted molar refractivity (Wildman–Crippen MR) is 61.5 cm³/mol. The van der Waals surface area contributed by atoms with Gasteiger partial charge in [0.2, 0.25) is 0 Å². The van der Waals surface area contributed by atoms with Gasteiger partial charge >= 0.3 is 0 Å². The molecule has 0 amide bonds. The molecule has 2 aromatic rings. The van der Waals surface area contributed by atoms with E-state index in [2.05, 4.69) is 42.5 Å². The molecule has 2 aromatic heterocycles. The number of nitrogens with two attached hydrogens (primary N) is 1. The van der Waals surface area contributed by atoms with Crippen LogP contribution in [0.4, 0.5) is 5.82 Å². The van der Waals surface area contributed by atoms with Gasteiger partial charge in [0, 0.05) is 12.4 Å². The Morgan fingerprint density at radius 1 is 1.43 bits per heavy atom. The Bertz CT molecular complexity index is 428. The number of hydrogen-bond donors (Lipinski definition) is 2. The van der Waals surface area contributed by atoms with Gasteiger partial charge in [-0.05, 0) is 29.5 Å². The third-order valence-electron chi connectivity index (χ3n) is 1.75. The van der Waals surface area contributed by atoms with Crippen LogP contribution in [-0.4, -0.2) is 19.9 Å². The second-order valence-corrected chi connectivity index (χ2v) is 3.85. The minimum atomic E-state index is 0.490. The summed E-state index contributed by atoms with van der Waals surface area (Å²) in [5.41, 5.74) is 6.59.